The molecule has 0 aliphatic heterocycles. The van der Waals surface area contributed by atoms with Gasteiger partial charge in [-0.05, 0) is 16.8 Å². The summed E-state index contributed by atoms with van der Waals surface area (Å²) in [6.07, 6.45) is 1.67. The molecular weight excluding hydrogens is 278 g/mol. The number of hydrogen-bond acceptors (Lipinski definition) is 4. The molecule has 0 spiro atoms. The summed E-state index contributed by atoms with van der Waals surface area (Å²) in [7, 11) is 0. The molecule has 0 saturated carbocycles. The third-order valence-corrected chi connectivity index (χ3v) is 3.31. The van der Waals surface area contributed by atoms with E-state index in [1.165, 1.54) is 6.07 Å². The molecule has 3 rings (SSSR count). The van der Waals surface area contributed by atoms with Crippen LogP contribution in [0.3, 0.4) is 0 Å². The van der Waals surface area contributed by atoms with Crippen molar-refractivity contribution < 1.29 is 4.92 Å². The van der Waals surface area contributed by atoms with E-state index in [4.69, 9.17) is 0 Å². The third kappa shape index (κ3) is 2.78. The van der Waals surface area contributed by atoms with Gasteiger partial charge in [0.1, 0.15) is 5.69 Å². The van der Waals surface area contributed by atoms with E-state index in [1.54, 1.807) is 24.4 Å². The Morgan fingerprint density at radius 2 is 1.68 bits per heavy atom. The molecule has 0 fully saturated rings. The minimum atomic E-state index is -0.435. The van der Waals surface area contributed by atoms with Gasteiger partial charge in [0.15, 0.2) is 0 Å². The fourth-order valence-electron chi connectivity index (χ4n) is 2.26. The van der Waals surface area contributed by atoms with Crippen LogP contribution in [0.2, 0.25) is 0 Å². The Kier molecular flexibility index (Phi) is 3.78. The van der Waals surface area contributed by atoms with E-state index in [9.17, 15) is 10.1 Å². The number of rotatable bonds is 4. The van der Waals surface area contributed by atoms with Crippen LogP contribution >= 0.6 is 0 Å². The molecule has 0 unspecified atom stereocenters. The van der Waals surface area contributed by atoms with Crippen molar-refractivity contribution in [1.29, 1.82) is 0 Å². The van der Waals surface area contributed by atoms with Gasteiger partial charge in [0.2, 0.25) is 0 Å². The second-order valence-corrected chi connectivity index (χ2v) is 4.71. The van der Waals surface area contributed by atoms with Gasteiger partial charge in [0, 0.05) is 11.6 Å². The zero-order valence-electron chi connectivity index (χ0n) is 11.6. The number of hydrazone groups is 1. The lowest BCUT2D eigenvalue weighted by atomic mass is 10.1. The minimum Gasteiger partial charge on any atom is -0.272 e. The average molecular weight is 291 g/mol. The van der Waals surface area contributed by atoms with Gasteiger partial charge in [0.25, 0.3) is 5.69 Å². The SMILES string of the molecule is O=[N+]([O-])c1ccccc1N/N=C/c1cccc2ccccc12. The zero-order chi connectivity index (χ0) is 15.4. The van der Waals surface area contributed by atoms with Crippen LogP contribution in [0.15, 0.2) is 71.8 Å². The van der Waals surface area contributed by atoms with Crippen molar-refractivity contribution >= 4 is 28.4 Å². The van der Waals surface area contributed by atoms with Gasteiger partial charge < -0.3 is 0 Å². The molecule has 108 valence electrons. The molecule has 1 N–H and O–H groups in total. The van der Waals surface area contributed by atoms with Crippen LogP contribution in [-0.4, -0.2) is 11.1 Å². The molecule has 0 atom stereocenters. The van der Waals surface area contributed by atoms with Crippen LogP contribution in [-0.2, 0) is 0 Å². The third-order valence-electron chi connectivity index (χ3n) is 3.31. The molecule has 3 aromatic rings. The predicted octanol–water partition coefficient (Wildman–Crippen LogP) is 4.19. The Morgan fingerprint density at radius 3 is 2.55 bits per heavy atom. The summed E-state index contributed by atoms with van der Waals surface area (Å²) >= 11 is 0. The lowest BCUT2D eigenvalue weighted by Gasteiger charge is -2.03. The number of benzene rings is 3. The molecule has 0 bridgehead atoms. The lowest BCUT2D eigenvalue weighted by Crippen LogP contribution is -1.96. The van der Waals surface area contributed by atoms with Crippen molar-refractivity contribution in [1.82, 2.24) is 0 Å². The van der Waals surface area contributed by atoms with E-state index < -0.39 is 4.92 Å². The standard InChI is InChI=1S/C17H13N3O2/c21-20(22)17-11-4-3-10-16(17)19-18-12-14-8-5-7-13-6-1-2-9-15(13)14/h1-12,19H/b18-12+. The lowest BCUT2D eigenvalue weighted by molar-refractivity contribution is -0.384. The molecule has 0 heterocycles. The highest BCUT2D eigenvalue weighted by molar-refractivity contribution is 5.99. The van der Waals surface area contributed by atoms with Crippen LogP contribution < -0.4 is 5.43 Å². The molecule has 0 aliphatic carbocycles. The minimum absolute atomic E-state index is 0.00225. The van der Waals surface area contributed by atoms with Crippen LogP contribution in [0.1, 0.15) is 5.56 Å². The average Bonchev–Trinajstić information content (AvgIpc) is 2.55. The number of fused-ring (bicyclic) bond motifs is 1. The van der Waals surface area contributed by atoms with Gasteiger partial charge in [0.05, 0.1) is 11.1 Å². The number of nitro groups is 1. The number of nitrogens with one attached hydrogen (secondary N) is 1. The van der Waals surface area contributed by atoms with E-state index >= 15 is 0 Å². The fraction of sp³-hybridized carbons (Fsp3) is 0. The summed E-state index contributed by atoms with van der Waals surface area (Å²) in [5, 5.41) is 17.3. The maximum Gasteiger partial charge on any atom is 0.294 e. The van der Waals surface area contributed by atoms with E-state index in [0.717, 1.165) is 16.3 Å². The Morgan fingerprint density at radius 1 is 0.955 bits per heavy atom. The van der Waals surface area contributed by atoms with Crippen molar-refractivity contribution in [2.24, 2.45) is 5.10 Å². The highest BCUT2D eigenvalue weighted by Gasteiger charge is 2.10. The molecule has 0 aliphatic rings. The maximum atomic E-state index is 10.9. The van der Waals surface area contributed by atoms with Crippen molar-refractivity contribution in [2.75, 3.05) is 5.43 Å². The zero-order valence-corrected chi connectivity index (χ0v) is 11.6. The van der Waals surface area contributed by atoms with Crippen molar-refractivity contribution in [3.05, 3.63) is 82.4 Å². The Labute approximate surface area is 127 Å². The molecule has 0 amide bonds. The molecule has 5 heteroatoms. The Bertz CT molecular complexity index is 854. The summed E-state index contributed by atoms with van der Waals surface area (Å²) < 4.78 is 0. The summed E-state index contributed by atoms with van der Waals surface area (Å²) in [4.78, 5) is 10.5. The fourth-order valence-corrected chi connectivity index (χ4v) is 2.26. The Balaban J connectivity index is 1.87. The summed E-state index contributed by atoms with van der Waals surface area (Å²) in [6, 6.07) is 20.3. The summed E-state index contributed by atoms with van der Waals surface area (Å²) in [6.45, 7) is 0. The molecule has 5 nitrogen and oxygen atoms in total. The van der Waals surface area contributed by atoms with Crippen molar-refractivity contribution in [2.45, 2.75) is 0 Å². The molecule has 0 radical (unpaired) electrons. The molecule has 3 aromatic carbocycles. The number of nitrogens with zero attached hydrogens (tertiary/aromatic N) is 2. The van der Waals surface area contributed by atoms with Crippen LogP contribution in [0.4, 0.5) is 11.4 Å². The monoisotopic (exact) mass is 291 g/mol. The number of para-hydroxylation sites is 2. The molecule has 0 aromatic heterocycles. The second kappa shape index (κ2) is 6.05. The first-order valence-electron chi connectivity index (χ1n) is 6.76. The van der Waals surface area contributed by atoms with Gasteiger partial charge in [-0.1, -0.05) is 54.6 Å². The van der Waals surface area contributed by atoms with Gasteiger partial charge in [-0.2, -0.15) is 5.10 Å². The smallest absolute Gasteiger partial charge is 0.272 e. The van der Waals surface area contributed by atoms with E-state index in [0.29, 0.717) is 5.69 Å². The Hall–Kier alpha value is -3.21. The highest BCUT2D eigenvalue weighted by atomic mass is 16.6. The van der Waals surface area contributed by atoms with Crippen molar-refractivity contribution in [3.8, 4) is 0 Å². The summed E-state index contributed by atoms with van der Waals surface area (Å²) in [5.41, 5.74) is 4.05. The van der Waals surface area contributed by atoms with E-state index in [2.05, 4.69) is 10.5 Å². The van der Waals surface area contributed by atoms with Gasteiger partial charge >= 0.3 is 0 Å². The second-order valence-electron chi connectivity index (χ2n) is 4.71. The quantitative estimate of drug-likeness (QED) is 0.445. The van der Waals surface area contributed by atoms with Gasteiger partial charge in [-0.25, -0.2) is 0 Å². The van der Waals surface area contributed by atoms with E-state index in [1.807, 2.05) is 42.5 Å². The first-order chi connectivity index (χ1) is 10.8. The maximum absolute atomic E-state index is 10.9. The predicted molar refractivity (Wildman–Crippen MR) is 88.3 cm³/mol. The number of anilines is 1. The first-order valence-corrected chi connectivity index (χ1v) is 6.76. The van der Waals surface area contributed by atoms with Gasteiger partial charge in [-0.3, -0.25) is 15.5 Å². The molecule has 0 saturated heterocycles. The van der Waals surface area contributed by atoms with Crippen LogP contribution in [0, 0.1) is 10.1 Å². The highest BCUT2D eigenvalue weighted by Crippen LogP contribution is 2.23. The number of hydrogen-bond donors (Lipinski definition) is 1. The van der Waals surface area contributed by atoms with Crippen LogP contribution in [0.25, 0.3) is 10.8 Å². The van der Waals surface area contributed by atoms with Crippen molar-refractivity contribution in [3.63, 3.8) is 0 Å². The first kappa shape index (κ1) is 13.8. The molecule has 22 heavy (non-hydrogen) atoms. The van der Waals surface area contributed by atoms with Crippen LogP contribution in [0.5, 0.6) is 0 Å². The summed E-state index contributed by atoms with van der Waals surface area (Å²) in [5.74, 6) is 0. The normalized spacial score (nSPS) is 10.9. The van der Waals surface area contributed by atoms with E-state index in [-0.39, 0.29) is 5.69 Å². The largest absolute Gasteiger partial charge is 0.294 e. The molecular formula is C17H13N3O2. The van der Waals surface area contributed by atoms with Gasteiger partial charge in [-0.15, -0.1) is 0 Å². The topological polar surface area (TPSA) is 67.5 Å². The number of nitro benzene ring substituents is 1.